The van der Waals surface area contributed by atoms with Crippen molar-refractivity contribution in [2.75, 3.05) is 6.54 Å². The third kappa shape index (κ3) is 3.86. The normalized spacial score (nSPS) is 27.5. The molecule has 0 radical (unpaired) electrons. The number of amides is 2. The summed E-state index contributed by atoms with van der Waals surface area (Å²) < 4.78 is 28.0. The Bertz CT molecular complexity index is 765. The lowest BCUT2D eigenvalue weighted by Gasteiger charge is -2.33. The lowest BCUT2D eigenvalue weighted by molar-refractivity contribution is -0.130. The van der Waals surface area contributed by atoms with Gasteiger partial charge in [0.15, 0.2) is 5.03 Å². The fraction of sp³-hybridized carbons (Fsp3) is 0.688. The number of likely N-dealkylation sites (tertiary alicyclic amines) is 1. The Balaban J connectivity index is 1.63. The summed E-state index contributed by atoms with van der Waals surface area (Å²) >= 11 is 0. The number of aromatic nitrogens is 2. The van der Waals surface area contributed by atoms with Crippen LogP contribution in [0.5, 0.6) is 0 Å². The molecule has 1 saturated carbocycles. The zero-order valence-electron chi connectivity index (χ0n) is 14.5. The maximum atomic E-state index is 12.4. The van der Waals surface area contributed by atoms with E-state index in [1.54, 1.807) is 11.9 Å². The first kappa shape index (κ1) is 17.9. The van der Waals surface area contributed by atoms with Gasteiger partial charge in [-0.05, 0) is 31.6 Å². The highest BCUT2D eigenvalue weighted by molar-refractivity contribution is 7.90. The number of carbonyl (C=O) groups is 2. The summed E-state index contributed by atoms with van der Waals surface area (Å²) in [5.41, 5.74) is 0. The van der Waals surface area contributed by atoms with E-state index in [1.807, 2.05) is 0 Å². The van der Waals surface area contributed by atoms with Gasteiger partial charge in [0, 0.05) is 32.3 Å². The zero-order valence-corrected chi connectivity index (χ0v) is 15.3. The van der Waals surface area contributed by atoms with Crippen molar-refractivity contribution in [3.05, 3.63) is 12.5 Å². The van der Waals surface area contributed by atoms with Gasteiger partial charge in [0.05, 0.1) is 12.2 Å². The highest BCUT2D eigenvalue weighted by Gasteiger charge is 2.39. The van der Waals surface area contributed by atoms with Crippen LogP contribution in [-0.4, -0.2) is 47.3 Å². The number of sulfonamides is 1. The molecule has 2 aliphatic rings. The lowest BCUT2D eigenvalue weighted by Crippen LogP contribution is -2.41. The van der Waals surface area contributed by atoms with Crippen LogP contribution in [-0.2, 0) is 26.7 Å². The predicted octanol–water partition coefficient (Wildman–Crippen LogP) is 0.652. The zero-order chi connectivity index (χ0) is 18.2. The number of rotatable bonds is 4. The molecule has 1 aliphatic carbocycles. The third-order valence-corrected chi connectivity index (χ3v) is 6.38. The molecule has 1 unspecified atom stereocenters. The van der Waals surface area contributed by atoms with Crippen LogP contribution in [0.4, 0.5) is 0 Å². The van der Waals surface area contributed by atoms with Gasteiger partial charge in [-0.3, -0.25) is 9.59 Å². The van der Waals surface area contributed by atoms with Crippen LogP contribution in [0.25, 0.3) is 0 Å². The van der Waals surface area contributed by atoms with Crippen molar-refractivity contribution in [1.29, 1.82) is 0 Å². The molecule has 1 N–H and O–H groups in total. The van der Waals surface area contributed by atoms with Crippen LogP contribution in [0.15, 0.2) is 17.6 Å². The molecule has 0 aromatic carbocycles. The maximum absolute atomic E-state index is 12.4. The van der Waals surface area contributed by atoms with E-state index in [2.05, 4.69) is 16.6 Å². The Hall–Kier alpha value is -1.90. The molecule has 1 aromatic rings. The number of nitrogens with zero attached hydrogens (tertiary/aromatic N) is 3. The number of aryl methyl sites for hydroxylation is 1. The first-order valence-electron chi connectivity index (χ1n) is 8.60. The Morgan fingerprint density at radius 3 is 2.56 bits per heavy atom. The van der Waals surface area contributed by atoms with Crippen LogP contribution in [0.3, 0.4) is 0 Å². The lowest BCUT2D eigenvalue weighted by atomic mass is 9.87. The SMILES string of the molecule is CC1CCC(N2CC(C(=O)NS(=O)(=O)c3cn(C)cn3)CC2=O)CC1. The minimum Gasteiger partial charge on any atom is -0.339 e. The maximum Gasteiger partial charge on any atom is 0.283 e. The van der Waals surface area contributed by atoms with E-state index in [4.69, 9.17) is 0 Å². The van der Waals surface area contributed by atoms with Crippen molar-refractivity contribution in [3.63, 3.8) is 0 Å². The summed E-state index contributed by atoms with van der Waals surface area (Å²) in [5.74, 6) is -0.650. The van der Waals surface area contributed by atoms with E-state index < -0.39 is 21.8 Å². The molecule has 1 atom stereocenters. The monoisotopic (exact) mass is 368 g/mol. The molecular weight excluding hydrogens is 344 g/mol. The van der Waals surface area contributed by atoms with Crippen LogP contribution in [0, 0.1) is 11.8 Å². The second kappa shape index (κ2) is 6.78. The molecule has 0 spiro atoms. The van der Waals surface area contributed by atoms with E-state index in [-0.39, 0.29) is 23.4 Å². The highest BCUT2D eigenvalue weighted by atomic mass is 32.2. The van der Waals surface area contributed by atoms with Gasteiger partial charge in [0.25, 0.3) is 10.0 Å². The number of hydrogen-bond donors (Lipinski definition) is 1. The molecule has 8 nitrogen and oxygen atoms in total. The van der Waals surface area contributed by atoms with Gasteiger partial charge in [0.2, 0.25) is 11.8 Å². The number of carbonyl (C=O) groups excluding carboxylic acids is 2. The molecule has 138 valence electrons. The number of nitrogens with one attached hydrogen (secondary N) is 1. The molecule has 9 heteroatoms. The molecule has 1 saturated heterocycles. The molecular formula is C16H24N4O4S. The van der Waals surface area contributed by atoms with E-state index >= 15 is 0 Å². The van der Waals surface area contributed by atoms with E-state index in [9.17, 15) is 18.0 Å². The summed E-state index contributed by atoms with van der Waals surface area (Å²) in [5, 5.41) is -0.203. The highest BCUT2D eigenvalue weighted by Crippen LogP contribution is 2.31. The molecule has 3 rings (SSSR count). The predicted molar refractivity (Wildman–Crippen MR) is 89.8 cm³/mol. The smallest absolute Gasteiger partial charge is 0.283 e. The quantitative estimate of drug-likeness (QED) is 0.841. The van der Waals surface area contributed by atoms with Gasteiger partial charge in [-0.1, -0.05) is 6.92 Å². The van der Waals surface area contributed by atoms with Crippen molar-refractivity contribution < 1.29 is 18.0 Å². The first-order chi connectivity index (χ1) is 11.8. The fourth-order valence-corrected chi connectivity index (χ4v) is 4.64. The number of hydrogen-bond acceptors (Lipinski definition) is 5. The van der Waals surface area contributed by atoms with Gasteiger partial charge < -0.3 is 9.47 Å². The van der Waals surface area contributed by atoms with Gasteiger partial charge >= 0.3 is 0 Å². The average Bonchev–Trinajstić information content (AvgIpc) is 3.14. The Morgan fingerprint density at radius 2 is 1.96 bits per heavy atom. The summed E-state index contributed by atoms with van der Waals surface area (Å²) in [6, 6.07) is 0.175. The van der Waals surface area contributed by atoms with Crippen LogP contribution >= 0.6 is 0 Å². The largest absolute Gasteiger partial charge is 0.339 e. The minimum absolute atomic E-state index is 0.0602. The Labute approximate surface area is 147 Å². The summed E-state index contributed by atoms with van der Waals surface area (Å²) in [6.07, 6.45) is 6.81. The summed E-state index contributed by atoms with van der Waals surface area (Å²) in [7, 11) is -2.36. The van der Waals surface area contributed by atoms with Crippen molar-refractivity contribution in [2.45, 2.75) is 50.1 Å². The van der Waals surface area contributed by atoms with Gasteiger partial charge in [-0.2, -0.15) is 8.42 Å². The van der Waals surface area contributed by atoms with Crippen LogP contribution < -0.4 is 4.72 Å². The van der Waals surface area contributed by atoms with Crippen molar-refractivity contribution >= 4 is 21.8 Å². The second-order valence-corrected chi connectivity index (χ2v) is 8.84. The Kier molecular flexibility index (Phi) is 4.86. The van der Waals surface area contributed by atoms with E-state index in [0.717, 1.165) is 25.7 Å². The topological polar surface area (TPSA) is 101 Å². The van der Waals surface area contributed by atoms with Gasteiger partial charge in [0.1, 0.15) is 0 Å². The molecule has 0 bridgehead atoms. The number of imidazole rings is 1. The molecule has 1 aromatic heterocycles. The summed E-state index contributed by atoms with van der Waals surface area (Å²) in [4.78, 5) is 30.2. The average molecular weight is 368 g/mol. The van der Waals surface area contributed by atoms with Gasteiger partial charge in [-0.25, -0.2) is 9.71 Å². The van der Waals surface area contributed by atoms with E-state index in [1.165, 1.54) is 17.1 Å². The fourth-order valence-electron chi connectivity index (χ4n) is 3.61. The first-order valence-corrected chi connectivity index (χ1v) is 10.1. The standard InChI is InChI=1S/C16H24N4O4S/c1-11-3-5-13(6-4-11)20-8-12(7-15(20)21)16(22)18-25(23,24)14-9-19(2)10-17-14/h9-13H,3-8H2,1-2H3,(H,18,22). The molecule has 2 fully saturated rings. The minimum atomic E-state index is -4.00. The third-order valence-electron chi connectivity index (χ3n) is 5.15. The Morgan fingerprint density at radius 1 is 1.28 bits per heavy atom. The van der Waals surface area contributed by atoms with Crippen molar-refractivity contribution in [1.82, 2.24) is 19.2 Å². The molecule has 2 amide bonds. The van der Waals surface area contributed by atoms with Gasteiger partial charge in [-0.15, -0.1) is 0 Å². The van der Waals surface area contributed by atoms with E-state index in [0.29, 0.717) is 12.5 Å². The van der Waals surface area contributed by atoms with Crippen LogP contribution in [0.1, 0.15) is 39.0 Å². The molecule has 25 heavy (non-hydrogen) atoms. The van der Waals surface area contributed by atoms with Crippen LogP contribution in [0.2, 0.25) is 0 Å². The molecule has 1 aliphatic heterocycles. The second-order valence-electron chi connectivity index (χ2n) is 7.21. The summed E-state index contributed by atoms with van der Waals surface area (Å²) in [6.45, 7) is 2.50. The van der Waals surface area contributed by atoms with Crippen molar-refractivity contribution in [2.24, 2.45) is 18.9 Å². The molecule has 2 heterocycles. The van der Waals surface area contributed by atoms with Crippen molar-refractivity contribution in [3.8, 4) is 0 Å².